The fraction of sp³-hybridized carbons (Fsp3) is 0. The van der Waals surface area contributed by atoms with E-state index in [1.54, 1.807) is 24.3 Å². The van der Waals surface area contributed by atoms with Crippen molar-refractivity contribution in [3.8, 4) is 0 Å². The van der Waals surface area contributed by atoms with Crippen molar-refractivity contribution < 1.29 is 9.90 Å². The maximum absolute atomic E-state index is 10.7. The lowest BCUT2D eigenvalue weighted by Gasteiger charge is -1.96. The summed E-state index contributed by atoms with van der Waals surface area (Å²) in [6.45, 7) is 0. The first-order valence-electron chi connectivity index (χ1n) is 3.68. The average molecular weight is 196 g/mol. The quantitative estimate of drug-likeness (QED) is 0.703. The van der Waals surface area contributed by atoms with Crippen molar-refractivity contribution in [2.45, 2.75) is 0 Å². The van der Waals surface area contributed by atoms with E-state index in [1.807, 2.05) is 0 Å². The molecule has 13 heavy (non-hydrogen) atoms. The Kier molecular flexibility index (Phi) is 1.74. The summed E-state index contributed by atoms with van der Waals surface area (Å²) in [5.41, 5.74) is 0.650. The van der Waals surface area contributed by atoms with Crippen LogP contribution >= 0.6 is 11.6 Å². The topological polar surface area (TPSA) is 42.2 Å². The Morgan fingerprint density at radius 1 is 1.38 bits per heavy atom. The van der Waals surface area contributed by atoms with Gasteiger partial charge in [0.25, 0.3) is 0 Å². The molecule has 0 amide bonds. The number of carboxylic acid groups (broad SMARTS) is 1. The highest BCUT2D eigenvalue weighted by Gasteiger charge is 2.05. The van der Waals surface area contributed by atoms with E-state index >= 15 is 0 Å². The number of rotatable bonds is 0. The van der Waals surface area contributed by atoms with Gasteiger partial charge in [-0.3, -0.25) is 4.57 Å². The SMILES string of the molecule is O=C(O)n1ccc2cc(Cl)ccc21. The Hall–Kier alpha value is -1.48. The molecule has 0 radical (unpaired) electrons. The van der Waals surface area contributed by atoms with Gasteiger partial charge in [-0.2, -0.15) is 0 Å². The minimum atomic E-state index is -0.989. The van der Waals surface area contributed by atoms with Crippen LogP contribution in [0.5, 0.6) is 0 Å². The number of nitrogens with zero attached hydrogens (tertiary/aromatic N) is 1. The van der Waals surface area contributed by atoms with E-state index in [1.165, 1.54) is 6.20 Å². The van der Waals surface area contributed by atoms with Crippen molar-refractivity contribution in [1.82, 2.24) is 4.57 Å². The van der Waals surface area contributed by atoms with Gasteiger partial charge in [0.1, 0.15) is 0 Å². The molecule has 0 spiro atoms. The third-order valence-electron chi connectivity index (χ3n) is 1.86. The van der Waals surface area contributed by atoms with Crippen LogP contribution in [0.15, 0.2) is 30.5 Å². The second kappa shape index (κ2) is 2.78. The van der Waals surface area contributed by atoms with Crippen molar-refractivity contribution in [2.75, 3.05) is 0 Å². The average Bonchev–Trinajstić information content (AvgIpc) is 2.46. The van der Waals surface area contributed by atoms with Gasteiger partial charge in [0.05, 0.1) is 5.52 Å². The van der Waals surface area contributed by atoms with Crippen LogP contribution in [-0.2, 0) is 0 Å². The summed E-state index contributed by atoms with van der Waals surface area (Å²) in [5, 5.41) is 10.2. The van der Waals surface area contributed by atoms with Crippen LogP contribution < -0.4 is 0 Å². The first kappa shape index (κ1) is 8.13. The van der Waals surface area contributed by atoms with Gasteiger partial charge in [0.15, 0.2) is 0 Å². The Balaban J connectivity index is 2.76. The highest BCUT2D eigenvalue weighted by molar-refractivity contribution is 6.31. The van der Waals surface area contributed by atoms with E-state index in [-0.39, 0.29) is 0 Å². The maximum atomic E-state index is 10.7. The van der Waals surface area contributed by atoms with Crippen molar-refractivity contribution in [1.29, 1.82) is 0 Å². The predicted octanol–water partition coefficient (Wildman–Crippen LogP) is 2.82. The molecule has 4 heteroatoms. The number of fused-ring (bicyclic) bond motifs is 1. The molecule has 0 saturated carbocycles. The number of carbonyl (C=O) groups is 1. The van der Waals surface area contributed by atoms with Crippen LogP contribution in [0.2, 0.25) is 5.02 Å². The summed E-state index contributed by atoms with van der Waals surface area (Å²) >= 11 is 5.75. The second-order valence-corrected chi connectivity index (χ2v) is 3.11. The lowest BCUT2D eigenvalue weighted by molar-refractivity contribution is 0.197. The smallest absolute Gasteiger partial charge is 0.415 e. The number of hydrogen-bond donors (Lipinski definition) is 1. The third kappa shape index (κ3) is 1.27. The molecule has 1 heterocycles. The lowest BCUT2D eigenvalue weighted by Crippen LogP contribution is -2.05. The van der Waals surface area contributed by atoms with Crippen molar-refractivity contribution in [3.63, 3.8) is 0 Å². The normalized spacial score (nSPS) is 10.5. The van der Waals surface area contributed by atoms with Crippen LogP contribution in [0.4, 0.5) is 4.79 Å². The minimum Gasteiger partial charge on any atom is -0.464 e. The minimum absolute atomic E-state index is 0.607. The molecular formula is C9H6ClNO2. The largest absolute Gasteiger partial charge is 0.464 e. The molecule has 2 aromatic rings. The molecule has 1 N–H and O–H groups in total. The van der Waals surface area contributed by atoms with Crippen LogP contribution in [0, 0.1) is 0 Å². The highest BCUT2D eigenvalue weighted by Crippen LogP contribution is 2.19. The molecular weight excluding hydrogens is 190 g/mol. The molecule has 1 aromatic carbocycles. The van der Waals surface area contributed by atoms with Crippen LogP contribution in [-0.4, -0.2) is 15.8 Å². The number of hydrogen-bond acceptors (Lipinski definition) is 1. The number of aromatic nitrogens is 1. The summed E-state index contributed by atoms with van der Waals surface area (Å²) in [7, 11) is 0. The van der Waals surface area contributed by atoms with Gasteiger partial charge in [-0.15, -0.1) is 0 Å². The molecule has 0 aliphatic carbocycles. The van der Waals surface area contributed by atoms with Gasteiger partial charge in [-0.25, -0.2) is 4.79 Å². The van der Waals surface area contributed by atoms with Gasteiger partial charge in [-0.05, 0) is 24.3 Å². The van der Waals surface area contributed by atoms with Crippen LogP contribution in [0.25, 0.3) is 10.9 Å². The van der Waals surface area contributed by atoms with Gasteiger partial charge >= 0.3 is 6.09 Å². The van der Waals surface area contributed by atoms with E-state index in [2.05, 4.69) is 0 Å². The van der Waals surface area contributed by atoms with E-state index in [4.69, 9.17) is 16.7 Å². The molecule has 0 atom stereocenters. The zero-order valence-electron chi connectivity index (χ0n) is 6.57. The number of halogens is 1. The first-order chi connectivity index (χ1) is 6.18. The van der Waals surface area contributed by atoms with Gasteiger partial charge in [0, 0.05) is 16.6 Å². The zero-order chi connectivity index (χ0) is 9.42. The molecule has 0 saturated heterocycles. The van der Waals surface area contributed by atoms with Crippen molar-refractivity contribution in [3.05, 3.63) is 35.5 Å². The fourth-order valence-electron chi connectivity index (χ4n) is 1.28. The Labute approximate surface area is 79.2 Å². The Morgan fingerprint density at radius 2 is 2.15 bits per heavy atom. The monoisotopic (exact) mass is 195 g/mol. The van der Waals surface area contributed by atoms with Crippen LogP contribution in [0.1, 0.15) is 0 Å². The number of benzene rings is 1. The molecule has 1 aromatic heterocycles. The lowest BCUT2D eigenvalue weighted by atomic mass is 10.2. The molecule has 2 rings (SSSR count). The maximum Gasteiger partial charge on any atom is 0.415 e. The standard InChI is InChI=1S/C9H6ClNO2/c10-7-1-2-8-6(5-7)3-4-11(8)9(12)13/h1-5H,(H,12,13). The molecule has 0 fully saturated rings. The van der Waals surface area contributed by atoms with Crippen molar-refractivity contribution >= 4 is 28.6 Å². The molecule has 0 unspecified atom stereocenters. The van der Waals surface area contributed by atoms with E-state index < -0.39 is 6.09 Å². The zero-order valence-corrected chi connectivity index (χ0v) is 7.32. The molecule has 0 aliphatic heterocycles. The summed E-state index contributed by atoms with van der Waals surface area (Å²) in [5.74, 6) is 0. The Bertz CT molecular complexity index is 475. The summed E-state index contributed by atoms with van der Waals surface area (Å²) in [4.78, 5) is 10.7. The van der Waals surface area contributed by atoms with Gasteiger partial charge < -0.3 is 5.11 Å². The fourth-order valence-corrected chi connectivity index (χ4v) is 1.46. The third-order valence-corrected chi connectivity index (χ3v) is 2.09. The summed E-state index contributed by atoms with van der Waals surface area (Å²) in [6.07, 6.45) is 0.515. The molecule has 66 valence electrons. The van der Waals surface area contributed by atoms with Crippen molar-refractivity contribution in [2.24, 2.45) is 0 Å². The molecule has 3 nitrogen and oxygen atoms in total. The van der Waals surface area contributed by atoms with Crippen LogP contribution in [0.3, 0.4) is 0 Å². The molecule has 0 bridgehead atoms. The molecule has 0 aliphatic rings. The van der Waals surface area contributed by atoms with Gasteiger partial charge in [-0.1, -0.05) is 11.6 Å². The van der Waals surface area contributed by atoms with E-state index in [0.717, 1.165) is 9.95 Å². The van der Waals surface area contributed by atoms with E-state index in [0.29, 0.717) is 10.5 Å². The predicted molar refractivity (Wildman–Crippen MR) is 50.4 cm³/mol. The second-order valence-electron chi connectivity index (χ2n) is 2.67. The first-order valence-corrected chi connectivity index (χ1v) is 4.06. The Morgan fingerprint density at radius 3 is 2.85 bits per heavy atom. The highest BCUT2D eigenvalue weighted by atomic mass is 35.5. The van der Waals surface area contributed by atoms with Gasteiger partial charge in [0.2, 0.25) is 0 Å². The van der Waals surface area contributed by atoms with E-state index in [9.17, 15) is 4.79 Å². The summed E-state index contributed by atoms with van der Waals surface area (Å²) < 4.78 is 1.16. The summed E-state index contributed by atoms with van der Waals surface area (Å²) in [6, 6.07) is 6.81.